The average Bonchev–Trinajstić information content (AvgIpc) is 2.81. The zero-order valence-corrected chi connectivity index (χ0v) is 17.5. The van der Waals surface area contributed by atoms with E-state index in [9.17, 15) is 4.79 Å². The van der Waals surface area contributed by atoms with E-state index in [1.165, 1.54) is 0 Å². The standard InChI is InChI=1S/C25H29NO4/c1-24(23(27)29-22-16-26-14-12-19(22)13-15-26)17-28-18-25(30-24,20-8-4-2-5-9-20)21-10-6-3-7-11-21/h2-11,19,22H,12-18H2,1H3/t22-,24-/m0/s1. The molecule has 0 aliphatic carbocycles. The topological polar surface area (TPSA) is 48.0 Å². The normalized spacial score (nSPS) is 32.5. The fraction of sp³-hybridized carbons (Fsp3) is 0.480. The first-order valence-corrected chi connectivity index (χ1v) is 10.9. The number of fused-ring (bicyclic) bond motifs is 3. The van der Waals surface area contributed by atoms with E-state index in [1.54, 1.807) is 6.92 Å². The monoisotopic (exact) mass is 407 g/mol. The van der Waals surface area contributed by atoms with E-state index in [0.717, 1.165) is 43.6 Å². The molecular weight excluding hydrogens is 378 g/mol. The Bertz CT molecular complexity index is 839. The minimum Gasteiger partial charge on any atom is -0.459 e. The smallest absolute Gasteiger partial charge is 0.340 e. The average molecular weight is 408 g/mol. The number of hydrogen-bond acceptors (Lipinski definition) is 5. The molecule has 2 aromatic carbocycles. The summed E-state index contributed by atoms with van der Waals surface area (Å²) in [4.78, 5) is 15.8. The van der Waals surface area contributed by atoms with Gasteiger partial charge in [-0.25, -0.2) is 4.79 Å². The third kappa shape index (κ3) is 3.45. The molecule has 0 amide bonds. The summed E-state index contributed by atoms with van der Waals surface area (Å²) in [6.07, 6.45) is 2.15. The van der Waals surface area contributed by atoms with Crippen LogP contribution in [0.5, 0.6) is 0 Å². The Balaban J connectivity index is 1.44. The molecule has 0 aromatic heterocycles. The van der Waals surface area contributed by atoms with Gasteiger partial charge in [-0.15, -0.1) is 0 Å². The lowest BCUT2D eigenvalue weighted by Gasteiger charge is -2.48. The zero-order chi connectivity index (χ0) is 20.6. The minimum atomic E-state index is -1.17. The second-order valence-corrected chi connectivity index (χ2v) is 8.97. The van der Waals surface area contributed by atoms with Crippen LogP contribution in [0.2, 0.25) is 0 Å². The maximum Gasteiger partial charge on any atom is 0.340 e. The van der Waals surface area contributed by atoms with Gasteiger partial charge >= 0.3 is 5.97 Å². The van der Waals surface area contributed by atoms with Crippen LogP contribution in [0.1, 0.15) is 30.9 Å². The van der Waals surface area contributed by atoms with Crippen LogP contribution in [0.25, 0.3) is 0 Å². The lowest BCUT2D eigenvalue weighted by atomic mass is 9.84. The molecule has 158 valence electrons. The summed E-state index contributed by atoms with van der Waals surface area (Å²) >= 11 is 0. The first-order chi connectivity index (χ1) is 14.6. The summed E-state index contributed by atoms with van der Waals surface area (Å²) in [6.45, 7) is 5.39. The van der Waals surface area contributed by atoms with Gasteiger partial charge in [-0.1, -0.05) is 60.7 Å². The Labute approximate surface area is 177 Å². The molecule has 4 heterocycles. The fourth-order valence-electron chi connectivity index (χ4n) is 5.11. The van der Waals surface area contributed by atoms with Gasteiger partial charge < -0.3 is 14.2 Å². The lowest BCUT2D eigenvalue weighted by molar-refractivity contribution is -0.247. The largest absolute Gasteiger partial charge is 0.459 e. The molecule has 4 fully saturated rings. The second kappa shape index (κ2) is 7.80. The van der Waals surface area contributed by atoms with Crippen LogP contribution in [0.3, 0.4) is 0 Å². The first kappa shape index (κ1) is 19.7. The molecule has 2 bridgehead atoms. The molecule has 0 unspecified atom stereocenters. The van der Waals surface area contributed by atoms with Gasteiger partial charge in [-0.05, 0) is 49.9 Å². The van der Waals surface area contributed by atoms with Gasteiger partial charge in [0, 0.05) is 6.54 Å². The van der Waals surface area contributed by atoms with Gasteiger partial charge in [0.1, 0.15) is 11.7 Å². The summed E-state index contributed by atoms with van der Waals surface area (Å²) in [6, 6.07) is 20.0. The quantitative estimate of drug-likeness (QED) is 0.728. The second-order valence-electron chi connectivity index (χ2n) is 8.97. The number of esters is 1. The first-order valence-electron chi connectivity index (χ1n) is 10.9. The van der Waals surface area contributed by atoms with E-state index in [4.69, 9.17) is 14.2 Å². The number of benzene rings is 2. The predicted octanol–water partition coefficient (Wildman–Crippen LogP) is 3.37. The van der Waals surface area contributed by atoms with E-state index in [0.29, 0.717) is 12.5 Å². The highest BCUT2D eigenvalue weighted by atomic mass is 16.6. The SMILES string of the molecule is C[C@@]1(C(=O)O[C@H]2CN3CCC2CC3)COCC(c2ccccc2)(c2ccccc2)O1. The summed E-state index contributed by atoms with van der Waals surface area (Å²) < 4.78 is 18.8. The third-order valence-electron chi connectivity index (χ3n) is 6.85. The molecule has 6 rings (SSSR count). The van der Waals surface area contributed by atoms with Crippen molar-refractivity contribution in [1.29, 1.82) is 0 Å². The van der Waals surface area contributed by atoms with Crippen molar-refractivity contribution in [2.45, 2.75) is 37.1 Å². The summed E-state index contributed by atoms with van der Waals surface area (Å²) in [5.74, 6) is 0.136. The number of nitrogens with zero attached hydrogens (tertiary/aromatic N) is 1. The molecule has 30 heavy (non-hydrogen) atoms. The van der Waals surface area contributed by atoms with E-state index < -0.39 is 11.2 Å². The molecule has 4 aliphatic heterocycles. The highest BCUT2D eigenvalue weighted by Gasteiger charge is 2.52. The molecule has 2 atom stereocenters. The molecule has 0 radical (unpaired) electrons. The van der Waals surface area contributed by atoms with Crippen molar-refractivity contribution in [1.82, 2.24) is 4.90 Å². The van der Waals surface area contributed by atoms with Crippen LogP contribution < -0.4 is 0 Å². The van der Waals surface area contributed by atoms with Crippen molar-refractivity contribution in [3.63, 3.8) is 0 Å². The molecule has 0 saturated carbocycles. The summed E-state index contributed by atoms with van der Waals surface area (Å²) in [5, 5.41) is 0. The van der Waals surface area contributed by atoms with Crippen LogP contribution in [-0.4, -0.2) is 55.4 Å². The number of rotatable bonds is 4. The van der Waals surface area contributed by atoms with Crippen LogP contribution in [0.15, 0.2) is 60.7 Å². The maximum atomic E-state index is 13.4. The third-order valence-corrected chi connectivity index (χ3v) is 6.85. The van der Waals surface area contributed by atoms with Crippen molar-refractivity contribution in [2.24, 2.45) is 5.92 Å². The molecule has 2 aromatic rings. The van der Waals surface area contributed by atoms with E-state index in [-0.39, 0.29) is 18.7 Å². The molecule has 4 aliphatic rings. The Morgan fingerprint density at radius 1 is 0.967 bits per heavy atom. The van der Waals surface area contributed by atoms with Gasteiger partial charge in [0.05, 0.1) is 13.2 Å². The lowest BCUT2D eigenvalue weighted by Crippen LogP contribution is -2.59. The number of carbonyl (C=O) groups is 1. The maximum absolute atomic E-state index is 13.4. The van der Waals surface area contributed by atoms with Crippen LogP contribution >= 0.6 is 0 Å². The molecular formula is C25H29NO4. The van der Waals surface area contributed by atoms with E-state index in [1.807, 2.05) is 60.7 Å². The van der Waals surface area contributed by atoms with Crippen LogP contribution in [0, 0.1) is 5.92 Å². The number of piperidine rings is 3. The van der Waals surface area contributed by atoms with Crippen LogP contribution in [-0.2, 0) is 24.6 Å². The van der Waals surface area contributed by atoms with Crippen molar-refractivity contribution in [3.8, 4) is 0 Å². The summed E-state index contributed by atoms with van der Waals surface area (Å²) in [7, 11) is 0. The van der Waals surface area contributed by atoms with Gasteiger partial charge in [0.25, 0.3) is 0 Å². The zero-order valence-electron chi connectivity index (χ0n) is 17.5. The molecule has 5 heteroatoms. The summed E-state index contributed by atoms with van der Waals surface area (Å²) in [5.41, 5.74) is -0.0879. The number of ether oxygens (including phenoxy) is 3. The highest BCUT2D eigenvalue weighted by Crippen LogP contribution is 2.42. The van der Waals surface area contributed by atoms with Crippen molar-refractivity contribution in [3.05, 3.63) is 71.8 Å². The Morgan fingerprint density at radius 3 is 2.10 bits per heavy atom. The van der Waals surface area contributed by atoms with Crippen molar-refractivity contribution >= 4 is 5.97 Å². The molecule has 4 saturated heterocycles. The molecule has 0 spiro atoms. The van der Waals surface area contributed by atoms with Gasteiger partial charge in [0.2, 0.25) is 0 Å². The van der Waals surface area contributed by atoms with E-state index >= 15 is 0 Å². The Kier molecular flexibility index (Phi) is 5.13. The van der Waals surface area contributed by atoms with E-state index in [2.05, 4.69) is 4.90 Å². The van der Waals surface area contributed by atoms with Crippen molar-refractivity contribution < 1.29 is 19.0 Å². The Hall–Kier alpha value is -2.21. The minimum absolute atomic E-state index is 0.0507. The Morgan fingerprint density at radius 2 is 1.57 bits per heavy atom. The fourth-order valence-corrected chi connectivity index (χ4v) is 5.11. The highest BCUT2D eigenvalue weighted by molar-refractivity contribution is 5.80. The number of hydrogen-bond donors (Lipinski definition) is 0. The molecule has 5 nitrogen and oxygen atoms in total. The van der Waals surface area contributed by atoms with Gasteiger partial charge in [-0.2, -0.15) is 0 Å². The van der Waals surface area contributed by atoms with Gasteiger partial charge in [0.15, 0.2) is 5.60 Å². The number of carbonyl (C=O) groups excluding carboxylic acids is 1. The predicted molar refractivity (Wildman–Crippen MR) is 113 cm³/mol. The van der Waals surface area contributed by atoms with Gasteiger partial charge in [-0.3, -0.25) is 4.90 Å². The molecule has 0 N–H and O–H groups in total. The van der Waals surface area contributed by atoms with Crippen molar-refractivity contribution in [2.75, 3.05) is 32.8 Å². The van der Waals surface area contributed by atoms with Crippen LogP contribution in [0.4, 0.5) is 0 Å².